The highest BCUT2D eigenvalue weighted by Crippen LogP contribution is 2.29. The van der Waals surface area contributed by atoms with Gasteiger partial charge in [-0.1, -0.05) is 24.3 Å². The molecule has 0 atom stereocenters. The highest BCUT2D eigenvalue weighted by molar-refractivity contribution is 6.06. The predicted octanol–water partition coefficient (Wildman–Crippen LogP) is 5.56. The number of H-pyrrole nitrogens is 1. The fourth-order valence-electron chi connectivity index (χ4n) is 2.87. The zero-order chi connectivity index (χ0) is 17.9. The zero-order valence-electron chi connectivity index (χ0n) is 13.7. The Balaban J connectivity index is 1.74. The van der Waals surface area contributed by atoms with Crippen LogP contribution in [0.15, 0.2) is 77.9 Å². The van der Waals surface area contributed by atoms with Gasteiger partial charge in [0, 0.05) is 16.5 Å². The van der Waals surface area contributed by atoms with Crippen LogP contribution in [0.2, 0.25) is 0 Å². The fraction of sp³-hybridized carbons (Fsp3) is 0. The molecule has 5 heteroatoms. The van der Waals surface area contributed by atoms with Crippen LogP contribution in [0.1, 0.15) is 5.56 Å². The lowest BCUT2D eigenvalue weighted by Crippen LogP contribution is -1.92. The van der Waals surface area contributed by atoms with E-state index in [9.17, 15) is 8.78 Å². The van der Waals surface area contributed by atoms with Crippen LogP contribution in [-0.4, -0.2) is 11.2 Å². The average Bonchev–Trinajstić information content (AvgIpc) is 3.01. The second-order valence-electron chi connectivity index (χ2n) is 5.85. The van der Waals surface area contributed by atoms with E-state index in [1.54, 1.807) is 30.5 Å². The van der Waals surface area contributed by atoms with Crippen molar-refractivity contribution in [3.05, 3.63) is 90.0 Å². The molecule has 0 radical (unpaired) electrons. The van der Waals surface area contributed by atoms with Crippen molar-refractivity contribution >= 4 is 22.8 Å². The molecule has 0 unspecified atom stereocenters. The molecule has 0 bridgehead atoms. The van der Waals surface area contributed by atoms with Gasteiger partial charge in [-0.05, 0) is 54.1 Å². The Morgan fingerprint density at radius 3 is 2.46 bits per heavy atom. The van der Waals surface area contributed by atoms with Crippen LogP contribution < -0.4 is 5.43 Å². The Morgan fingerprint density at radius 1 is 0.846 bits per heavy atom. The van der Waals surface area contributed by atoms with E-state index in [1.165, 1.54) is 24.3 Å². The number of benzene rings is 3. The minimum atomic E-state index is -0.329. The van der Waals surface area contributed by atoms with Gasteiger partial charge in [0.1, 0.15) is 11.6 Å². The number of hydrazone groups is 1. The number of anilines is 1. The molecule has 0 saturated heterocycles. The SMILES string of the molecule is Fc1ccc(-c2[nH]c3ccccc3c2/C=N/Nc2cccc(F)c2)cc1. The number of rotatable bonds is 4. The second-order valence-corrected chi connectivity index (χ2v) is 5.85. The summed E-state index contributed by atoms with van der Waals surface area (Å²) < 4.78 is 26.5. The molecular formula is C21H15F2N3. The van der Waals surface area contributed by atoms with E-state index in [4.69, 9.17) is 0 Å². The molecule has 3 aromatic carbocycles. The molecule has 1 aromatic heterocycles. The molecule has 4 aromatic rings. The predicted molar refractivity (Wildman–Crippen MR) is 101 cm³/mol. The second kappa shape index (κ2) is 6.80. The summed E-state index contributed by atoms with van der Waals surface area (Å²) in [5.74, 6) is -0.614. The number of aromatic nitrogens is 1. The number of nitrogens with zero attached hydrogens (tertiary/aromatic N) is 1. The molecule has 0 aliphatic heterocycles. The molecular weight excluding hydrogens is 332 g/mol. The standard InChI is InChI=1S/C21H15F2N3/c22-15-10-8-14(9-11-15)21-19(18-6-1-2-7-20(18)25-21)13-24-26-17-5-3-4-16(23)12-17/h1-13,25-26H/b24-13+. The smallest absolute Gasteiger partial charge is 0.125 e. The number of nitrogens with one attached hydrogen (secondary N) is 2. The Morgan fingerprint density at radius 2 is 1.65 bits per heavy atom. The van der Waals surface area contributed by atoms with E-state index >= 15 is 0 Å². The number of para-hydroxylation sites is 1. The minimum Gasteiger partial charge on any atom is -0.354 e. The van der Waals surface area contributed by atoms with Crippen molar-refractivity contribution in [1.29, 1.82) is 0 Å². The van der Waals surface area contributed by atoms with Crippen LogP contribution in [0, 0.1) is 11.6 Å². The first-order chi connectivity index (χ1) is 12.7. The van der Waals surface area contributed by atoms with E-state index in [-0.39, 0.29) is 11.6 Å². The van der Waals surface area contributed by atoms with Gasteiger partial charge in [-0.15, -0.1) is 0 Å². The molecule has 128 valence electrons. The van der Waals surface area contributed by atoms with Crippen LogP contribution in [0.25, 0.3) is 22.2 Å². The summed E-state index contributed by atoms with van der Waals surface area (Å²) in [7, 11) is 0. The first-order valence-electron chi connectivity index (χ1n) is 8.12. The zero-order valence-corrected chi connectivity index (χ0v) is 13.7. The lowest BCUT2D eigenvalue weighted by molar-refractivity contribution is 0.627. The normalized spacial score (nSPS) is 11.3. The van der Waals surface area contributed by atoms with Gasteiger partial charge in [-0.3, -0.25) is 5.43 Å². The van der Waals surface area contributed by atoms with Gasteiger partial charge < -0.3 is 4.98 Å². The Labute approximate surface area is 149 Å². The minimum absolute atomic E-state index is 0.284. The van der Waals surface area contributed by atoms with E-state index in [0.29, 0.717) is 5.69 Å². The maximum Gasteiger partial charge on any atom is 0.125 e. The van der Waals surface area contributed by atoms with Crippen LogP contribution in [0.5, 0.6) is 0 Å². The summed E-state index contributed by atoms with van der Waals surface area (Å²) in [4.78, 5) is 3.36. The Kier molecular flexibility index (Phi) is 4.19. The molecule has 26 heavy (non-hydrogen) atoms. The maximum absolute atomic E-state index is 13.3. The number of aromatic amines is 1. The van der Waals surface area contributed by atoms with Gasteiger partial charge in [-0.2, -0.15) is 5.10 Å². The summed E-state index contributed by atoms with van der Waals surface area (Å²) >= 11 is 0. The molecule has 0 aliphatic rings. The number of halogens is 2. The highest BCUT2D eigenvalue weighted by atomic mass is 19.1. The van der Waals surface area contributed by atoms with Crippen molar-refractivity contribution in [2.24, 2.45) is 5.10 Å². The lowest BCUT2D eigenvalue weighted by atomic mass is 10.1. The quantitative estimate of drug-likeness (QED) is 0.368. The van der Waals surface area contributed by atoms with Gasteiger partial charge in [-0.25, -0.2) is 8.78 Å². The van der Waals surface area contributed by atoms with Crippen LogP contribution in [0.3, 0.4) is 0 Å². The summed E-state index contributed by atoms with van der Waals surface area (Å²) in [5.41, 5.74) is 6.92. The molecule has 0 fully saturated rings. The first-order valence-corrected chi connectivity index (χ1v) is 8.12. The van der Waals surface area contributed by atoms with Gasteiger partial charge >= 0.3 is 0 Å². The van der Waals surface area contributed by atoms with Crippen molar-refractivity contribution in [1.82, 2.24) is 4.98 Å². The van der Waals surface area contributed by atoms with Gasteiger partial charge in [0.15, 0.2) is 0 Å². The van der Waals surface area contributed by atoms with Crippen molar-refractivity contribution in [2.75, 3.05) is 5.43 Å². The van der Waals surface area contributed by atoms with E-state index in [1.807, 2.05) is 24.3 Å². The topological polar surface area (TPSA) is 40.2 Å². The summed E-state index contributed by atoms with van der Waals surface area (Å²) in [6, 6.07) is 20.2. The molecule has 0 amide bonds. The van der Waals surface area contributed by atoms with E-state index in [0.717, 1.165) is 27.7 Å². The van der Waals surface area contributed by atoms with Crippen LogP contribution in [-0.2, 0) is 0 Å². The Bertz CT molecular complexity index is 1080. The highest BCUT2D eigenvalue weighted by Gasteiger charge is 2.11. The van der Waals surface area contributed by atoms with Gasteiger partial charge in [0.25, 0.3) is 0 Å². The average molecular weight is 347 g/mol. The maximum atomic E-state index is 13.3. The molecule has 2 N–H and O–H groups in total. The number of hydrogen-bond acceptors (Lipinski definition) is 2. The van der Waals surface area contributed by atoms with Crippen LogP contribution in [0.4, 0.5) is 14.5 Å². The number of hydrogen-bond donors (Lipinski definition) is 2. The third-order valence-electron chi connectivity index (χ3n) is 4.09. The summed E-state index contributed by atoms with van der Waals surface area (Å²) in [6.07, 6.45) is 1.68. The summed E-state index contributed by atoms with van der Waals surface area (Å²) in [6.45, 7) is 0. The van der Waals surface area contributed by atoms with Crippen molar-refractivity contribution in [3.8, 4) is 11.3 Å². The van der Waals surface area contributed by atoms with Crippen LogP contribution >= 0.6 is 0 Å². The molecule has 0 spiro atoms. The van der Waals surface area contributed by atoms with Gasteiger partial charge in [0.2, 0.25) is 0 Å². The third-order valence-corrected chi connectivity index (χ3v) is 4.09. The monoisotopic (exact) mass is 347 g/mol. The third kappa shape index (κ3) is 3.19. The largest absolute Gasteiger partial charge is 0.354 e. The van der Waals surface area contributed by atoms with Crippen molar-refractivity contribution in [2.45, 2.75) is 0 Å². The number of fused-ring (bicyclic) bond motifs is 1. The lowest BCUT2D eigenvalue weighted by Gasteiger charge is -2.02. The van der Waals surface area contributed by atoms with E-state index < -0.39 is 0 Å². The molecule has 0 aliphatic carbocycles. The molecule has 1 heterocycles. The van der Waals surface area contributed by atoms with Crippen molar-refractivity contribution in [3.63, 3.8) is 0 Å². The van der Waals surface area contributed by atoms with Crippen molar-refractivity contribution < 1.29 is 8.78 Å². The Hall–Kier alpha value is -3.47. The fourth-order valence-corrected chi connectivity index (χ4v) is 2.87. The summed E-state index contributed by atoms with van der Waals surface area (Å²) in [5, 5.41) is 5.24. The van der Waals surface area contributed by atoms with Gasteiger partial charge in [0.05, 0.1) is 17.6 Å². The molecule has 0 saturated carbocycles. The first kappa shape index (κ1) is 16.0. The molecule has 4 rings (SSSR count). The molecule has 3 nitrogen and oxygen atoms in total. The van der Waals surface area contributed by atoms with E-state index in [2.05, 4.69) is 15.5 Å².